The lowest BCUT2D eigenvalue weighted by Crippen LogP contribution is -2.36. The third-order valence-electron chi connectivity index (χ3n) is 3.72. The maximum absolute atomic E-state index is 12.1. The Morgan fingerprint density at radius 2 is 2.22 bits per heavy atom. The molecular formula is C13H17NO4. The number of hydrogen-bond acceptors (Lipinski definition) is 3. The molecule has 5 nitrogen and oxygen atoms in total. The quantitative estimate of drug-likeness (QED) is 0.890. The summed E-state index contributed by atoms with van der Waals surface area (Å²) in [6, 6.07) is 3.36. The maximum Gasteiger partial charge on any atom is 0.311 e. The van der Waals surface area contributed by atoms with E-state index < -0.39 is 11.4 Å². The Morgan fingerprint density at radius 1 is 1.50 bits per heavy atom. The highest BCUT2D eigenvalue weighted by Crippen LogP contribution is 2.34. The number of furan rings is 1. The Labute approximate surface area is 105 Å². The predicted molar refractivity (Wildman–Crippen MR) is 64.3 cm³/mol. The van der Waals surface area contributed by atoms with Crippen LogP contribution in [0.1, 0.15) is 36.1 Å². The van der Waals surface area contributed by atoms with Crippen LogP contribution in [0.4, 0.5) is 0 Å². The number of hydrogen-bond donors (Lipinski definition) is 1. The van der Waals surface area contributed by atoms with Crippen molar-refractivity contribution >= 4 is 11.9 Å². The van der Waals surface area contributed by atoms with Crippen molar-refractivity contribution in [3.63, 3.8) is 0 Å². The van der Waals surface area contributed by atoms with Crippen LogP contribution in [0.2, 0.25) is 0 Å². The number of carbonyl (C=O) groups is 2. The van der Waals surface area contributed by atoms with Crippen molar-refractivity contribution in [1.82, 2.24) is 4.90 Å². The highest BCUT2D eigenvalue weighted by Gasteiger charge is 2.45. The third kappa shape index (κ3) is 2.00. The summed E-state index contributed by atoms with van der Waals surface area (Å²) in [6.45, 7) is 4.35. The first-order valence-electron chi connectivity index (χ1n) is 6.07. The molecule has 1 N–H and O–H groups in total. The van der Waals surface area contributed by atoms with E-state index in [9.17, 15) is 14.7 Å². The third-order valence-corrected chi connectivity index (χ3v) is 3.72. The number of nitrogens with zero attached hydrogens (tertiary/aromatic N) is 1. The summed E-state index contributed by atoms with van der Waals surface area (Å²) in [7, 11) is 0. The maximum atomic E-state index is 12.1. The van der Waals surface area contributed by atoms with E-state index in [1.807, 2.05) is 6.92 Å². The molecule has 1 unspecified atom stereocenters. The average molecular weight is 251 g/mol. The van der Waals surface area contributed by atoms with E-state index in [2.05, 4.69) is 0 Å². The highest BCUT2D eigenvalue weighted by molar-refractivity contribution is 5.92. The zero-order valence-electron chi connectivity index (χ0n) is 10.6. The molecule has 98 valence electrons. The van der Waals surface area contributed by atoms with Crippen molar-refractivity contribution in [2.24, 2.45) is 5.41 Å². The van der Waals surface area contributed by atoms with Gasteiger partial charge in [-0.25, -0.2) is 0 Å². The van der Waals surface area contributed by atoms with Gasteiger partial charge in [0, 0.05) is 13.1 Å². The number of carboxylic acid groups (broad SMARTS) is 1. The van der Waals surface area contributed by atoms with E-state index in [0.29, 0.717) is 25.1 Å². The number of amides is 1. The number of aliphatic carboxylic acids is 1. The number of rotatable bonds is 3. The van der Waals surface area contributed by atoms with E-state index in [1.165, 1.54) is 0 Å². The minimum Gasteiger partial charge on any atom is -0.481 e. The Balaban J connectivity index is 2.13. The minimum absolute atomic E-state index is 0.223. The standard InChI is InChI=1S/C13H17NO4/c1-3-13(12(16)17)6-7-14(8-13)11(15)10-5-4-9(2)18-10/h4-5H,3,6-8H2,1-2H3,(H,16,17). The van der Waals surface area contributed by atoms with Gasteiger partial charge in [-0.05, 0) is 31.9 Å². The topological polar surface area (TPSA) is 70.8 Å². The van der Waals surface area contributed by atoms with Gasteiger partial charge in [-0.3, -0.25) is 9.59 Å². The molecular weight excluding hydrogens is 234 g/mol. The molecule has 1 aromatic rings. The Morgan fingerprint density at radius 3 is 2.67 bits per heavy atom. The largest absolute Gasteiger partial charge is 0.481 e. The zero-order valence-corrected chi connectivity index (χ0v) is 10.6. The molecule has 2 rings (SSSR count). The van der Waals surface area contributed by atoms with Gasteiger partial charge in [0.25, 0.3) is 5.91 Å². The number of carbonyl (C=O) groups excluding carboxylic acids is 1. The first-order chi connectivity index (χ1) is 8.48. The van der Waals surface area contributed by atoms with Crippen LogP contribution in [0.3, 0.4) is 0 Å². The summed E-state index contributed by atoms with van der Waals surface area (Å²) in [5, 5.41) is 9.28. The van der Waals surface area contributed by atoms with Gasteiger partial charge in [-0.1, -0.05) is 6.92 Å². The molecule has 5 heteroatoms. The fourth-order valence-electron chi connectivity index (χ4n) is 2.37. The van der Waals surface area contributed by atoms with Gasteiger partial charge >= 0.3 is 5.97 Å². The van der Waals surface area contributed by atoms with Gasteiger partial charge in [0.15, 0.2) is 5.76 Å². The van der Waals surface area contributed by atoms with Crippen LogP contribution in [0.5, 0.6) is 0 Å². The first-order valence-corrected chi connectivity index (χ1v) is 6.07. The predicted octanol–water partition coefficient (Wildman–Crippen LogP) is 1.91. The molecule has 1 amide bonds. The second kappa shape index (κ2) is 4.48. The van der Waals surface area contributed by atoms with Crippen LogP contribution in [-0.2, 0) is 4.79 Å². The van der Waals surface area contributed by atoms with Gasteiger partial charge in [0.1, 0.15) is 5.76 Å². The molecule has 0 spiro atoms. The van der Waals surface area contributed by atoms with E-state index in [-0.39, 0.29) is 18.2 Å². The average Bonchev–Trinajstić information content (AvgIpc) is 2.95. The van der Waals surface area contributed by atoms with Crippen LogP contribution in [0, 0.1) is 12.3 Å². The van der Waals surface area contributed by atoms with E-state index in [0.717, 1.165) is 0 Å². The lowest BCUT2D eigenvalue weighted by molar-refractivity contribution is -0.148. The van der Waals surface area contributed by atoms with Gasteiger partial charge in [-0.15, -0.1) is 0 Å². The normalized spacial score (nSPS) is 23.3. The molecule has 1 saturated heterocycles. The molecule has 0 radical (unpaired) electrons. The van der Waals surface area contributed by atoms with Gasteiger partial charge in [0.2, 0.25) is 0 Å². The molecule has 0 saturated carbocycles. The van der Waals surface area contributed by atoms with Crippen LogP contribution < -0.4 is 0 Å². The van der Waals surface area contributed by atoms with Crippen molar-refractivity contribution < 1.29 is 19.1 Å². The molecule has 1 fully saturated rings. The number of aryl methyl sites for hydroxylation is 1. The summed E-state index contributed by atoms with van der Waals surface area (Å²) in [6.07, 6.45) is 1.04. The van der Waals surface area contributed by atoms with Crippen molar-refractivity contribution in [2.75, 3.05) is 13.1 Å². The van der Waals surface area contributed by atoms with Crippen LogP contribution in [0.25, 0.3) is 0 Å². The Hall–Kier alpha value is -1.78. The molecule has 1 aromatic heterocycles. The molecule has 18 heavy (non-hydrogen) atoms. The van der Waals surface area contributed by atoms with Gasteiger partial charge in [-0.2, -0.15) is 0 Å². The zero-order chi connectivity index (χ0) is 13.3. The fraction of sp³-hybridized carbons (Fsp3) is 0.538. The highest BCUT2D eigenvalue weighted by atomic mass is 16.4. The molecule has 0 aromatic carbocycles. The van der Waals surface area contributed by atoms with Crippen molar-refractivity contribution in [2.45, 2.75) is 26.7 Å². The van der Waals surface area contributed by atoms with Crippen LogP contribution in [-0.4, -0.2) is 35.0 Å². The minimum atomic E-state index is -0.823. The van der Waals surface area contributed by atoms with E-state index in [1.54, 1.807) is 24.0 Å². The smallest absolute Gasteiger partial charge is 0.311 e. The number of likely N-dealkylation sites (tertiary alicyclic amines) is 1. The molecule has 1 aliphatic rings. The van der Waals surface area contributed by atoms with Crippen LogP contribution >= 0.6 is 0 Å². The van der Waals surface area contributed by atoms with Crippen molar-refractivity contribution in [3.05, 3.63) is 23.7 Å². The molecule has 1 aliphatic heterocycles. The van der Waals surface area contributed by atoms with Crippen molar-refractivity contribution in [1.29, 1.82) is 0 Å². The lowest BCUT2D eigenvalue weighted by Gasteiger charge is -2.22. The number of carboxylic acids is 1. The van der Waals surface area contributed by atoms with Crippen molar-refractivity contribution in [3.8, 4) is 0 Å². The first kappa shape index (κ1) is 12.7. The van der Waals surface area contributed by atoms with Crippen LogP contribution in [0.15, 0.2) is 16.5 Å². The summed E-state index contributed by atoms with van der Waals surface area (Å²) >= 11 is 0. The summed E-state index contributed by atoms with van der Waals surface area (Å²) in [5.74, 6) is -0.0853. The van der Waals surface area contributed by atoms with E-state index >= 15 is 0 Å². The van der Waals surface area contributed by atoms with Gasteiger partial charge < -0.3 is 14.4 Å². The molecule has 0 bridgehead atoms. The monoisotopic (exact) mass is 251 g/mol. The fourth-order valence-corrected chi connectivity index (χ4v) is 2.37. The second-order valence-electron chi connectivity index (χ2n) is 4.83. The van der Waals surface area contributed by atoms with E-state index in [4.69, 9.17) is 4.42 Å². The SMILES string of the molecule is CCC1(C(=O)O)CCN(C(=O)c2ccc(C)o2)C1. The molecule has 1 atom stereocenters. The van der Waals surface area contributed by atoms with Gasteiger partial charge in [0.05, 0.1) is 5.41 Å². The second-order valence-corrected chi connectivity index (χ2v) is 4.83. The summed E-state index contributed by atoms with van der Waals surface area (Å²) in [5.41, 5.74) is -0.794. The summed E-state index contributed by atoms with van der Waals surface area (Å²) < 4.78 is 5.28. The molecule has 2 heterocycles. The molecule has 0 aliphatic carbocycles. The lowest BCUT2D eigenvalue weighted by atomic mass is 9.84. The Bertz CT molecular complexity index is 479. The summed E-state index contributed by atoms with van der Waals surface area (Å²) in [4.78, 5) is 25.0. The Kier molecular flexibility index (Phi) is 3.15.